The van der Waals surface area contributed by atoms with Crippen LogP contribution < -0.4 is 4.72 Å². The van der Waals surface area contributed by atoms with Crippen molar-refractivity contribution in [2.75, 3.05) is 4.72 Å². The molecule has 1 aromatic carbocycles. The molecule has 0 amide bonds. The molecule has 2 rings (SSSR count). The van der Waals surface area contributed by atoms with Crippen molar-refractivity contribution in [3.63, 3.8) is 0 Å². The summed E-state index contributed by atoms with van der Waals surface area (Å²) in [5.41, 5.74) is 2.11. The third kappa shape index (κ3) is 2.49. The lowest BCUT2D eigenvalue weighted by atomic mass is 10.2. The fourth-order valence-electron chi connectivity index (χ4n) is 2.10. The molecule has 0 unspecified atom stereocenters. The lowest BCUT2D eigenvalue weighted by Gasteiger charge is -2.11. The fourth-order valence-corrected chi connectivity index (χ4v) is 3.67. The number of hydrogen-bond acceptors (Lipinski definition) is 4. The number of phenolic OH excluding ortho intramolecular Hbond substituents is 1. The molecule has 0 bridgehead atoms. The molecule has 0 spiro atoms. The summed E-state index contributed by atoms with van der Waals surface area (Å²) in [4.78, 5) is 0.187. The highest BCUT2D eigenvalue weighted by Gasteiger charge is 2.24. The Kier molecular flexibility index (Phi) is 3.47. The highest BCUT2D eigenvalue weighted by molar-refractivity contribution is 7.92. The average molecular weight is 295 g/mol. The molecule has 0 atom stereocenters. The van der Waals surface area contributed by atoms with E-state index in [0.29, 0.717) is 22.6 Å². The van der Waals surface area contributed by atoms with Crippen molar-refractivity contribution in [2.45, 2.75) is 25.7 Å². The number of nitrogens with one attached hydrogen (secondary N) is 1. The van der Waals surface area contributed by atoms with Crippen LogP contribution in [-0.2, 0) is 17.1 Å². The number of anilines is 1. The van der Waals surface area contributed by atoms with Crippen LogP contribution in [0.1, 0.15) is 17.0 Å². The molecule has 6 nitrogen and oxygen atoms in total. The lowest BCUT2D eigenvalue weighted by Crippen LogP contribution is -2.15. The third-order valence-corrected chi connectivity index (χ3v) is 4.78. The van der Waals surface area contributed by atoms with E-state index >= 15 is 0 Å². The first-order valence-electron chi connectivity index (χ1n) is 6.05. The van der Waals surface area contributed by atoms with Gasteiger partial charge in [0.1, 0.15) is 10.6 Å². The Balaban J connectivity index is 2.46. The summed E-state index contributed by atoms with van der Waals surface area (Å²) in [6.07, 6.45) is 0. The van der Waals surface area contributed by atoms with E-state index in [-0.39, 0.29) is 10.6 Å². The Bertz CT molecular complexity index is 763. The number of hydrogen-bond donors (Lipinski definition) is 2. The van der Waals surface area contributed by atoms with E-state index in [1.165, 1.54) is 22.9 Å². The summed E-state index contributed by atoms with van der Waals surface area (Å²) in [7, 11) is -2.00. The second-order valence-electron chi connectivity index (χ2n) is 4.73. The van der Waals surface area contributed by atoms with E-state index < -0.39 is 10.0 Å². The van der Waals surface area contributed by atoms with Gasteiger partial charge < -0.3 is 5.11 Å². The number of aromatic nitrogens is 2. The Labute approximate surface area is 118 Å². The van der Waals surface area contributed by atoms with Crippen LogP contribution in [0.25, 0.3) is 0 Å². The van der Waals surface area contributed by atoms with Crippen molar-refractivity contribution < 1.29 is 13.5 Å². The quantitative estimate of drug-likeness (QED) is 0.846. The smallest absolute Gasteiger partial charge is 0.265 e. The van der Waals surface area contributed by atoms with Gasteiger partial charge in [-0.15, -0.1) is 0 Å². The van der Waals surface area contributed by atoms with Gasteiger partial charge in [-0.25, -0.2) is 8.42 Å². The number of sulfonamides is 1. The Morgan fingerprint density at radius 1 is 1.25 bits per heavy atom. The number of benzene rings is 1. The van der Waals surface area contributed by atoms with Crippen molar-refractivity contribution in [1.82, 2.24) is 9.78 Å². The Morgan fingerprint density at radius 2 is 1.90 bits per heavy atom. The van der Waals surface area contributed by atoms with Crippen LogP contribution in [-0.4, -0.2) is 23.3 Å². The zero-order valence-corrected chi connectivity index (χ0v) is 12.6. The van der Waals surface area contributed by atoms with Crippen LogP contribution in [0.3, 0.4) is 0 Å². The molecule has 108 valence electrons. The molecule has 1 aromatic heterocycles. The average Bonchev–Trinajstić information content (AvgIpc) is 2.57. The lowest BCUT2D eigenvalue weighted by molar-refractivity contribution is 0.475. The zero-order valence-electron chi connectivity index (χ0n) is 11.8. The van der Waals surface area contributed by atoms with Crippen LogP contribution in [0.15, 0.2) is 23.1 Å². The van der Waals surface area contributed by atoms with E-state index in [1.54, 1.807) is 27.8 Å². The van der Waals surface area contributed by atoms with Gasteiger partial charge in [-0.1, -0.05) is 0 Å². The fraction of sp³-hybridized carbons (Fsp3) is 0.308. The zero-order chi connectivity index (χ0) is 15.1. The van der Waals surface area contributed by atoms with E-state index in [0.717, 1.165) is 0 Å². The van der Waals surface area contributed by atoms with Gasteiger partial charge in [0.25, 0.3) is 10.0 Å². The molecule has 2 N–H and O–H groups in total. The SMILES string of the molecule is Cc1cc(O)ccc1NS(=O)(=O)c1c(C)nn(C)c1C. The van der Waals surface area contributed by atoms with Crippen LogP contribution >= 0.6 is 0 Å². The first-order chi connectivity index (χ1) is 9.22. The van der Waals surface area contributed by atoms with Crippen molar-refractivity contribution in [3.8, 4) is 5.75 Å². The predicted molar refractivity (Wildman–Crippen MR) is 76.3 cm³/mol. The van der Waals surface area contributed by atoms with Gasteiger partial charge in [-0.2, -0.15) is 5.10 Å². The standard InChI is InChI=1S/C13H17N3O3S/c1-8-7-11(17)5-6-12(8)15-20(18,19)13-9(2)14-16(4)10(13)3/h5-7,15,17H,1-4H3. The molecule has 2 aromatic rings. The van der Waals surface area contributed by atoms with Crippen molar-refractivity contribution in [3.05, 3.63) is 35.2 Å². The number of phenols is 1. The summed E-state index contributed by atoms with van der Waals surface area (Å²) in [6, 6.07) is 4.47. The van der Waals surface area contributed by atoms with Gasteiger partial charge in [0.2, 0.25) is 0 Å². The van der Waals surface area contributed by atoms with E-state index in [2.05, 4.69) is 9.82 Å². The molecule has 20 heavy (non-hydrogen) atoms. The largest absolute Gasteiger partial charge is 0.508 e. The van der Waals surface area contributed by atoms with Gasteiger partial charge in [-0.05, 0) is 44.5 Å². The molecular weight excluding hydrogens is 278 g/mol. The topological polar surface area (TPSA) is 84.2 Å². The predicted octanol–water partition coefficient (Wildman–Crippen LogP) is 1.85. The summed E-state index contributed by atoms with van der Waals surface area (Å²) in [5.74, 6) is 0.0965. The Hall–Kier alpha value is -2.02. The van der Waals surface area contributed by atoms with Crippen LogP contribution in [0.5, 0.6) is 5.75 Å². The number of aryl methyl sites for hydroxylation is 3. The molecule has 0 aliphatic rings. The minimum Gasteiger partial charge on any atom is -0.508 e. The van der Waals surface area contributed by atoms with Crippen LogP contribution in [0, 0.1) is 20.8 Å². The minimum absolute atomic E-state index is 0.0965. The maximum Gasteiger partial charge on any atom is 0.265 e. The monoisotopic (exact) mass is 295 g/mol. The number of rotatable bonds is 3. The van der Waals surface area contributed by atoms with Crippen molar-refractivity contribution in [1.29, 1.82) is 0 Å². The van der Waals surface area contributed by atoms with Gasteiger partial charge >= 0.3 is 0 Å². The van der Waals surface area contributed by atoms with Gasteiger partial charge in [0.05, 0.1) is 17.1 Å². The van der Waals surface area contributed by atoms with Crippen LogP contribution in [0.4, 0.5) is 5.69 Å². The molecule has 7 heteroatoms. The molecule has 0 saturated heterocycles. The molecule has 1 heterocycles. The second-order valence-corrected chi connectivity index (χ2v) is 6.35. The van der Waals surface area contributed by atoms with E-state index in [4.69, 9.17) is 0 Å². The summed E-state index contributed by atoms with van der Waals surface area (Å²) >= 11 is 0. The second kappa shape index (κ2) is 4.82. The first kappa shape index (κ1) is 14.4. The molecule has 0 radical (unpaired) electrons. The summed E-state index contributed by atoms with van der Waals surface area (Å²) in [6.45, 7) is 5.09. The first-order valence-corrected chi connectivity index (χ1v) is 7.53. The molecule has 0 aliphatic heterocycles. The number of aromatic hydroxyl groups is 1. The molecule has 0 aliphatic carbocycles. The van der Waals surface area contributed by atoms with Gasteiger partial charge in [0.15, 0.2) is 0 Å². The van der Waals surface area contributed by atoms with E-state index in [9.17, 15) is 13.5 Å². The highest BCUT2D eigenvalue weighted by Crippen LogP contribution is 2.25. The summed E-state index contributed by atoms with van der Waals surface area (Å²) in [5, 5.41) is 13.5. The minimum atomic E-state index is -3.70. The van der Waals surface area contributed by atoms with Gasteiger partial charge in [-0.3, -0.25) is 9.40 Å². The van der Waals surface area contributed by atoms with Crippen molar-refractivity contribution in [2.24, 2.45) is 7.05 Å². The van der Waals surface area contributed by atoms with E-state index in [1.807, 2.05) is 0 Å². The van der Waals surface area contributed by atoms with Crippen molar-refractivity contribution >= 4 is 15.7 Å². The normalized spacial score (nSPS) is 11.6. The summed E-state index contributed by atoms with van der Waals surface area (Å²) < 4.78 is 29.0. The number of nitrogens with zero attached hydrogens (tertiary/aromatic N) is 2. The molecule has 0 saturated carbocycles. The maximum absolute atomic E-state index is 12.5. The highest BCUT2D eigenvalue weighted by atomic mass is 32.2. The Morgan fingerprint density at radius 3 is 2.40 bits per heavy atom. The maximum atomic E-state index is 12.5. The van der Waals surface area contributed by atoms with Gasteiger partial charge in [0, 0.05) is 7.05 Å². The molecule has 0 fully saturated rings. The third-order valence-electron chi connectivity index (χ3n) is 3.17. The van der Waals surface area contributed by atoms with Crippen LogP contribution in [0.2, 0.25) is 0 Å². The molecular formula is C13H17N3O3S.